The van der Waals surface area contributed by atoms with Crippen molar-refractivity contribution in [3.63, 3.8) is 0 Å². The Bertz CT molecular complexity index is 803. The molecule has 1 aliphatic carbocycles. The third-order valence-corrected chi connectivity index (χ3v) is 5.66. The van der Waals surface area contributed by atoms with E-state index in [0.717, 1.165) is 10.6 Å². The highest BCUT2D eigenvalue weighted by atomic mass is 32.1. The molecular weight excluding hydrogens is 336 g/mol. The van der Waals surface area contributed by atoms with E-state index >= 15 is 0 Å². The molecule has 1 aromatic carbocycles. The lowest BCUT2D eigenvalue weighted by Gasteiger charge is -2.41. The first-order chi connectivity index (χ1) is 12.1. The monoisotopic (exact) mass is 354 g/mol. The molecule has 4 unspecified atom stereocenters. The molecule has 1 aromatic heterocycles. The van der Waals surface area contributed by atoms with Crippen LogP contribution in [0.4, 0.5) is 5.69 Å². The molecule has 6 heteroatoms. The number of hydrogen-bond donors (Lipinski definition) is 2. The number of fused-ring (bicyclic) bond motifs is 1. The zero-order valence-electron chi connectivity index (χ0n) is 13.4. The van der Waals surface area contributed by atoms with Gasteiger partial charge < -0.3 is 10.5 Å². The topological polar surface area (TPSA) is 69.6 Å². The fourth-order valence-electron chi connectivity index (χ4n) is 3.51. The Kier molecular flexibility index (Phi) is 4.25. The van der Waals surface area contributed by atoms with Crippen molar-refractivity contribution in [1.29, 1.82) is 0 Å². The smallest absolute Gasteiger partial charge is 0.160 e. The second-order valence-electron chi connectivity index (χ2n) is 6.30. The fraction of sp³-hybridized carbons (Fsp3) is 0.263. The molecular formula is C19H18N2O3S. The van der Waals surface area contributed by atoms with Crippen molar-refractivity contribution in [1.82, 2.24) is 5.01 Å². The van der Waals surface area contributed by atoms with Gasteiger partial charge in [0.1, 0.15) is 17.9 Å². The molecule has 2 aromatic rings. The summed E-state index contributed by atoms with van der Waals surface area (Å²) >= 11 is 1.47. The number of aliphatic hydroxyl groups excluding tert-OH is 1. The standard InChI is InChI=1S/C19H18N2O3S/c22-15-11-16(23)18-13(15)8-9-14(19(24)17-7-4-10-25-17)21(18)20-12-5-2-1-3-6-12/h1-10,13-14,18-20,24H,11H2. The Balaban J connectivity index is 1.71. The third-order valence-electron chi connectivity index (χ3n) is 4.72. The van der Waals surface area contributed by atoms with Crippen LogP contribution in [0.15, 0.2) is 60.0 Å². The van der Waals surface area contributed by atoms with Gasteiger partial charge in [0.15, 0.2) is 5.78 Å². The molecule has 2 aliphatic rings. The Labute approximate surface area is 149 Å². The van der Waals surface area contributed by atoms with Gasteiger partial charge in [0.05, 0.1) is 18.4 Å². The molecule has 2 heterocycles. The summed E-state index contributed by atoms with van der Waals surface area (Å²) in [6.45, 7) is 0. The molecule has 128 valence electrons. The van der Waals surface area contributed by atoms with Crippen LogP contribution in [0.25, 0.3) is 0 Å². The van der Waals surface area contributed by atoms with Gasteiger partial charge in [-0.3, -0.25) is 9.59 Å². The molecule has 0 bridgehead atoms. The van der Waals surface area contributed by atoms with E-state index in [4.69, 9.17) is 0 Å². The van der Waals surface area contributed by atoms with E-state index in [0.29, 0.717) is 0 Å². The molecule has 1 fully saturated rings. The van der Waals surface area contributed by atoms with Crippen LogP contribution in [0, 0.1) is 5.92 Å². The molecule has 4 rings (SSSR count). The van der Waals surface area contributed by atoms with Gasteiger partial charge in [-0.15, -0.1) is 11.3 Å². The maximum atomic E-state index is 12.5. The van der Waals surface area contributed by atoms with E-state index in [1.54, 1.807) is 11.1 Å². The first-order valence-electron chi connectivity index (χ1n) is 8.20. The highest BCUT2D eigenvalue weighted by Gasteiger charge is 2.49. The van der Waals surface area contributed by atoms with Crippen molar-refractivity contribution in [2.24, 2.45) is 5.92 Å². The zero-order valence-corrected chi connectivity index (χ0v) is 14.2. The number of thiophene rings is 1. The van der Waals surface area contributed by atoms with Gasteiger partial charge in [-0.25, -0.2) is 5.01 Å². The van der Waals surface area contributed by atoms with Gasteiger partial charge in [0, 0.05) is 10.6 Å². The minimum absolute atomic E-state index is 0.0472. The lowest BCUT2D eigenvalue weighted by atomic mass is 9.92. The van der Waals surface area contributed by atoms with Crippen LogP contribution in [0.2, 0.25) is 0 Å². The number of hydrazine groups is 1. The summed E-state index contributed by atoms with van der Waals surface area (Å²) in [4.78, 5) is 25.4. The number of carbonyl (C=O) groups is 2. The summed E-state index contributed by atoms with van der Waals surface area (Å²) < 4.78 is 0. The second kappa shape index (κ2) is 6.55. The van der Waals surface area contributed by atoms with E-state index < -0.39 is 24.1 Å². The number of aliphatic hydroxyl groups is 1. The fourth-order valence-corrected chi connectivity index (χ4v) is 4.26. The van der Waals surface area contributed by atoms with E-state index in [1.807, 2.05) is 53.9 Å². The number of rotatable bonds is 4. The number of nitrogens with one attached hydrogen (secondary N) is 1. The molecule has 25 heavy (non-hydrogen) atoms. The van der Waals surface area contributed by atoms with E-state index in [-0.39, 0.29) is 18.0 Å². The molecule has 0 saturated heterocycles. The molecule has 4 atom stereocenters. The maximum absolute atomic E-state index is 12.5. The number of nitrogens with zero attached hydrogens (tertiary/aromatic N) is 1. The van der Waals surface area contributed by atoms with E-state index in [1.165, 1.54) is 11.3 Å². The first-order valence-corrected chi connectivity index (χ1v) is 9.08. The van der Waals surface area contributed by atoms with Gasteiger partial charge >= 0.3 is 0 Å². The number of carbonyl (C=O) groups excluding carboxylic acids is 2. The van der Waals surface area contributed by atoms with Gasteiger partial charge in [-0.1, -0.05) is 36.4 Å². The molecule has 1 saturated carbocycles. The van der Waals surface area contributed by atoms with Crippen molar-refractivity contribution >= 4 is 28.6 Å². The van der Waals surface area contributed by atoms with Gasteiger partial charge in [0.25, 0.3) is 0 Å². The zero-order chi connectivity index (χ0) is 17.4. The van der Waals surface area contributed by atoms with Crippen LogP contribution in [0.3, 0.4) is 0 Å². The first kappa shape index (κ1) is 16.2. The highest BCUT2D eigenvalue weighted by Crippen LogP contribution is 2.36. The lowest BCUT2D eigenvalue weighted by Crippen LogP contribution is -2.55. The predicted molar refractivity (Wildman–Crippen MR) is 96.0 cm³/mol. The van der Waals surface area contributed by atoms with Crippen molar-refractivity contribution in [2.75, 3.05) is 5.43 Å². The summed E-state index contributed by atoms with van der Waals surface area (Å²) in [5, 5.41) is 14.5. The lowest BCUT2D eigenvalue weighted by molar-refractivity contribution is -0.123. The Hall–Kier alpha value is -2.28. The Morgan fingerprint density at radius 2 is 1.88 bits per heavy atom. The minimum atomic E-state index is -0.781. The molecule has 0 amide bonds. The number of anilines is 1. The summed E-state index contributed by atoms with van der Waals surface area (Å²) in [5.41, 5.74) is 4.06. The van der Waals surface area contributed by atoms with Crippen LogP contribution >= 0.6 is 11.3 Å². The third kappa shape index (κ3) is 2.93. The van der Waals surface area contributed by atoms with Crippen LogP contribution in [-0.2, 0) is 9.59 Å². The number of Topliss-reactive ketones (excluding diaryl/α,β-unsaturated/α-hetero) is 2. The minimum Gasteiger partial charge on any atom is -0.386 e. The predicted octanol–water partition coefficient (Wildman–Crippen LogP) is 2.58. The van der Waals surface area contributed by atoms with Crippen molar-refractivity contribution in [3.8, 4) is 0 Å². The molecule has 5 nitrogen and oxygen atoms in total. The van der Waals surface area contributed by atoms with Crippen molar-refractivity contribution in [3.05, 3.63) is 64.9 Å². The summed E-state index contributed by atoms with van der Waals surface area (Å²) in [5.74, 6) is -0.614. The van der Waals surface area contributed by atoms with Crippen molar-refractivity contribution < 1.29 is 14.7 Å². The van der Waals surface area contributed by atoms with E-state index in [2.05, 4.69) is 5.43 Å². The number of ketones is 2. The quantitative estimate of drug-likeness (QED) is 0.652. The second-order valence-corrected chi connectivity index (χ2v) is 7.28. The molecule has 1 aliphatic heterocycles. The number of benzene rings is 1. The normalized spacial score (nSPS) is 27.3. The summed E-state index contributed by atoms with van der Waals surface area (Å²) in [6.07, 6.45) is 2.78. The van der Waals surface area contributed by atoms with Gasteiger partial charge in [-0.2, -0.15) is 0 Å². The molecule has 2 N–H and O–H groups in total. The molecule has 0 spiro atoms. The van der Waals surface area contributed by atoms with Crippen LogP contribution in [0.1, 0.15) is 17.4 Å². The van der Waals surface area contributed by atoms with E-state index in [9.17, 15) is 14.7 Å². The van der Waals surface area contributed by atoms with Gasteiger partial charge in [-0.05, 0) is 23.6 Å². The number of para-hydroxylation sites is 1. The van der Waals surface area contributed by atoms with Gasteiger partial charge in [0.2, 0.25) is 0 Å². The number of hydrogen-bond acceptors (Lipinski definition) is 6. The SMILES string of the molecule is O=C1CC(=O)C2C1C=CC(C(O)c1cccs1)N2Nc1ccccc1. The summed E-state index contributed by atoms with van der Waals surface area (Å²) in [6, 6.07) is 12.2. The average molecular weight is 354 g/mol. The largest absolute Gasteiger partial charge is 0.386 e. The molecule has 0 radical (unpaired) electrons. The summed E-state index contributed by atoms with van der Waals surface area (Å²) in [7, 11) is 0. The Morgan fingerprint density at radius 3 is 2.60 bits per heavy atom. The van der Waals surface area contributed by atoms with Crippen LogP contribution in [-0.4, -0.2) is 33.8 Å². The Morgan fingerprint density at radius 1 is 1.08 bits per heavy atom. The maximum Gasteiger partial charge on any atom is 0.160 e. The van der Waals surface area contributed by atoms with Crippen LogP contribution < -0.4 is 5.43 Å². The van der Waals surface area contributed by atoms with Crippen LogP contribution in [0.5, 0.6) is 0 Å². The van der Waals surface area contributed by atoms with Crippen molar-refractivity contribution in [2.45, 2.75) is 24.6 Å². The highest BCUT2D eigenvalue weighted by molar-refractivity contribution is 7.10. The average Bonchev–Trinajstić information content (AvgIpc) is 3.24.